The van der Waals surface area contributed by atoms with Crippen molar-refractivity contribution in [3.8, 4) is 0 Å². The molecule has 2 nitrogen and oxygen atoms in total. The van der Waals surface area contributed by atoms with E-state index in [1.165, 1.54) is 35.8 Å². The van der Waals surface area contributed by atoms with Crippen LogP contribution in [0.2, 0.25) is 0 Å². The molecule has 3 heteroatoms. The Morgan fingerprint density at radius 1 is 1.33 bits per heavy atom. The second-order valence-corrected chi connectivity index (χ2v) is 6.11. The van der Waals surface area contributed by atoms with E-state index in [0.717, 1.165) is 6.54 Å². The zero-order chi connectivity index (χ0) is 13.0. The molecule has 1 aromatic carbocycles. The van der Waals surface area contributed by atoms with E-state index < -0.39 is 0 Å². The van der Waals surface area contributed by atoms with Gasteiger partial charge < -0.3 is 5.32 Å². The molecule has 1 aromatic rings. The van der Waals surface area contributed by atoms with Crippen molar-refractivity contribution in [3.63, 3.8) is 0 Å². The molecular weight excluding hydrogens is 288 g/mol. The van der Waals surface area contributed by atoms with Gasteiger partial charge in [-0.1, -0.05) is 40.5 Å². The number of rotatable bonds is 3. The number of hydrogen-bond acceptors (Lipinski definition) is 2. The van der Waals surface area contributed by atoms with E-state index in [9.17, 15) is 0 Å². The van der Waals surface area contributed by atoms with E-state index >= 15 is 0 Å². The summed E-state index contributed by atoms with van der Waals surface area (Å²) in [6, 6.07) is 9.19. The molecular formula is C15H23BrN2. The fourth-order valence-corrected chi connectivity index (χ4v) is 3.63. The predicted molar refractivity (Wildman–Crippen MR) is 80.8 cm³/mol. The Morgan fingerprint density at radius 2 is 2.11 bits per heavy atom. The van der Waals surface area contributed by atoms with Crippen molar-refractivity contribution in [2.75, 3.05) is 27.2 Å². The lowest BCUT2D eigenvalue weighted by Gasteiger charge is -2.33. The molecule has 2 unspecified atom stereocenters. The van der Waals surface area contributed by atoms with Gasteiger partial charge in [-0.3, -0.25) is 4.90 Å². The molecule has 1 aliphatic rings. The van der Waals surface area contributed by atoms with Gasteiger partial charge in [0.1, 0.15) is 0 Å². The minimum atomic E-state index is 0.524. The molecule has 1 heterocycles. The molecule has 0 bridgehead atoms. The van der Waals surface area contributed by atoms with Crippen LogP contribution in [0.1, 0.15) is 30.9 Å². The molecule has 1 fully saturated rings. The monoisotopic (exact) mass is 310 g/mol. The molecule has 2 atom stereocenters. The molecule has 1 N–H and O–H groups in total. The zero-order valence-electron chi connectivity index (χ0n) is 11.3. The largest absolute Gasteiger partial charge is 0.319 e. The molecule has 0 spiro atoms. The normalized spacial score (nSPS) is 25.9. The van der Waals surface area contributed by atoms with Crippen LogP contribution in [-0.2, 0) is 0 Å². The average molecular weight is 311 g/mol. The maximum absolute atomic E-state index is 3.72. The van der Waals surface area contributed by atoms with Gasteiger partial charge in [0, 0.05) is 10.5 Å². The van der Waals surface area contributed by atoms with Gasteiger partial charge in [-0.15, -0.1) is 0 Å². The van der Waals surface area contributed by atoms with Crippen molar-refractivity contribution >= 4 is 15.9 Å². The molecule has 0 radical (unpaired) electrons. The highest BCUT2D eigenvalue weighted by molar-refractivity contribution is 9.10. The number of halogens is 1. The lowest BCUT2D eigenvalue weighted by Crippen LogP contribution is -2.34. The third-order valence-electron chi connectivity index (χ3n) is 3.95. The second-order valence-electron chi connectivity index (χ2n) is 5.26. The van der Waals surface area contributed by atoms with Crippen molar-refractivity contribution in [1.82, 2.24) is 10.2 Å². The quantitative estimate of drug-likeness (QED) is 0.920. The number of benzene rings is 1. The first kappa shape index (κ1) is 14.0. The molecule has 0 aromatic heterocycles. The number of nitrogens with one attached hydrogen (secondary N) is 1. The number of hydrogen-bond donors (Lipinski definition) is 1. The summed E-state index contributed by atoms with van der Waals surface area (Å²) in [5, 5.41) is 3.36. The second kappa shape index (κ2) is 6.69. The van der Waals surface area contributed by atoms with Crippen molar-refractivity contribution in [2.24, 2.45) is 5.92 Å². The van der Waals surface area contributed by atoms with Crippen LogP contribution in [0, 0.1) is 5.92 Å². The van der Waals surface area contributed by atoms with Crippen LogP contribution in [-0.4, -0.2) is 32.1 Å². The van der Waals surface area contributed by atoms with Gasteiger partial charge in [0.25, 0.3) is 0 Å². The summed E-state index contributed by atoms with van der Waals surface area (Å²) in [6.07, 6.45) is 3.98. The molecule has 1 aliphatic heterocycles. The van der Waals surface area contributed by atoms with Gasteiger partial charge in [0.2, 0.25) is 0 Å². The van der Waals surface area contributed by atoms with Gasteiger partial charge in [-0.2, -0.15) is 0 Å². The van der Waals surface area contributed by atoms with Crippen LogP contribution in [0.5, 0.6) is 0 Å². The summed E-state index contributed by atoms with van der Waals surface area (Å²) in [5.74, 6) is 0.696. The minimum Gasteiger partial charge on any atom is -0.319 e. The third kappa shape index (κ3) is 3.14. The summed E-state index contributed by atoms with van der Waals surface area (Å²) in [7, 11) is 4.32. The Labute approximate surface area is 119 Å². The van der Waals surface area contributed by atoms with Crippen molar-refractivity contribution in [3.05, 3.63) is 34.3 Å². The zero-order valence-corrected chi connectivity index (χ0v) is 12.9. The first-order valence-electron chi connectivity index (χ1n) is 6.83. The maximum Gasteiger partial charge on any atom is 0.0396 e. The summed E-state index contributed by atoms with van der Waals surface area (Å²) >= 11 is 3.72. The Kier molecular flexibility index (Phi) is 5.22. The lowest BCUT2D eigenvalue weighted by atomic mass is 9.89. The van der Waals surface area contributed by atoms with Crippen molar-refractivity contribution < 1.29 is 0 Å². The number of nitrogens with zero attached hydrogens (tertiary/aromatic N) is 1. The fourth-order valence-electron chi connectivity index (χ4n) is 3.11. The SMILES string of the molecule is CNCC1CCCCN(C)C1c1ccccc1Br. The average Bonchev–Trinajstić information content (AvgIpc) is 2.53. The minimum absolute atomic E-state index is 0.524. The first-order valence-corrected chi connectivity index (χ1v) is 7.62. The Hall–Kier alpha value is -0.380. The van der Waals surface area contributed by atoms with Gasteiger partial charge in [0.15, 0.2) is 0 Å². The standard InChI is InChI=1S/C15H23BrN2/c1-17-11-12-7-5-6-10-18(2)15(12)13-8-3-4-9-14(13)16/h3-4,8-9,12,15,17H,5-7,10-11H2,1-2H3. The van der Waals surface area contributed by atoms with Crippen LogP contribution >= 0.6 is 15.9 Å². The highest BCUT2D eigenvalue weighted by atomic mass is 79.9. The Morgan fingerprint density at radius 3 is 2.83 bits per heavy atom. The van der Waals surface area contributed by atoms with Crippen molar-refractivity contribution in [1.29, 1.82) is 0 Å². The van der Waals surface area contributed by atoms with Crippen LogP contribution in [0.3, 0.4) is 0 Å². The molecule has 0 aliphatic carbocycles. The third-order valence-corrected chi connectivity index (χ3v) is 4.67. The molecule has 100 valence electrons. The first-order chi connectivity index (χ1) is 8.74. The van der Waals surface area contributed by atoms with E-state index in [0.29, 0.717) is 12.0 Å². The molecule has 2 rings (SSSR count). The summed E-state index contributed by atoms with van der Waals surface area (Å²) in [6.45, 7) is 2.29. The molecule has 18 heavy (non-hydrogen) atoms. The van der Waals surface area contributed by atoms with Crippen LogP contribution < -0.4 is 5.32 Å². The lowest BCUT2D eigenvalue weighted by molar-refractivity contribution is 0.190. The van der Waals surface area contributed by atoms with Gasteiger partial charge in [0.05, 0.1) is 0 Å². The van der Waals surface area contributed by atoms with E-state index in [4.69, 9.17) is 0 Å². The Bertz CT molecular complexity index is 381. The van der Waals surface area contributed by atoms with E-state index in [1.807, 2.05) is 0 Å². The summed E-state index contributed by atoms with van der Waals surface area (Å²) in [5.41, 5.74) is 1.43. The van der Waals surface area contributed by atoms with E-state index in [1.54, 1.807) is 0 Å². The smallest absolute Gasteiger partial charge is 0.0396 e. The van der Waals surface area contributed by atoms with Crippen LogP contribution in [0.4, 0.5) is 0 Å². The predicted octanol–water partition coefficient (Wildman–Crippen LogP) is 3.44. The van der Waals surface area contributed by atoms with E-state index in [2.05, 4.69) is 64.5 Å². The van der Waals surface area contributed by atoms with Crippen LogP contribution in [0.15, 0.2) is 28.7 Å². The maximum atomic E-state index is 3.72. The number of likely N-dealkylation sites (tertiary alicyclic amines) is 1. The molecule has 0 saturated carbocycles. The summed E-state index contributed by atoms with van der Waals surface area (Å²) < 4.78 is 1.24. The Balaban J connectivity index is 2.31. The van der Waals surface area contributed by atoms with Crippen LogP contribution in [0.25, 0.3) is 0 Å². The van der Waals surface area contributed by atoms with E-state index in [-0.39, 0.29) is 0 Å². The highest BCUT2D eigenvalue weighted by Crippen LogP contribution is 2.37. The van der Waals surface area contributed by atoms with Gasteiger partial charge >= 0.3 is 0 Å². The molecule has 0 amide bonds. The van der Waals surface area contributed by atoms with Gasteiger partial charge in [-0.25, -0.2) is 0 Å². The highest BCUT2D eigenvalue weighted by Gasteiger charge is 2.29. The van der Waals surface area contributed by atoms with Crippen molar-refractivity contribution in [2.45, 2.75) is 25.3 Å². The van der Waals surface area contributed by atoms with Gasteiger partial charge in [-0.05, 0) is 57.6 Å². The topological polar surface area (TPSA) is 15.3 Å². The fraction of sp³-hybridized carbons (Fsp3) is 0.600. The summed E-state index contributed by atoms with van der Waals surface area (Å²) in [4.78, 5) is 2.52. The molecule has 1 saturated heterocycles.